The SMILES string of the molecule is CCCCCCCCCCCCCCCCCCN(CC)c1ccco1. The molecule has 0 saturated heterocycles. The van der Waals surface area contributed by atoms with Gasteiger partial charge in [-0.1, -0.05) is 103 Å². The van der Waals surface area contributed by atoms with Crippen molar-refractivity contribution in [3.63, 3.8) is 0 Å². The first kappa shape index (κ1) is 23.1. The molecule has 0 aliphatic carbocycles. The minimum absolute atomic E-state index is 1.02. The molecular formula is C24H45NO. The van der Waals surface area contributed by atoms with Crippen LogP contribution in [-0.2, 0) is 0 Å². The molecule has 0 radical (unpaired) electrons. The second kappa shape index (κ2) is 17.5. The van der Waals surface area contributed by atoms with Crippen LogP contribution in [0.4, 0.5) is 5.88 Å². The lowest BCUT2D eigenvalue weighted by Crippen LogP contribution is -2.23. The second-order valence-corrected chi connectivity index (χ2v) is 7.83. The van der Waals surface area contributed by atoms with Crippen LogP contribution in [0.1, 0.15) is 117 Å². The fourth-order valence-electron chi connectivity index (χ4n) is 3.72. The number of nitrogens with zero attached hydrogens (tertiary/aromatic N) is 1. The standard InChI is InChI=1S/C24H45NO/c1-3-5-6-7-8-9-10-11-12-13-14-15-16-17-18-19-22-25(4-2)24-21-20-23-26-24/h20-21,23H,3-19,22H2,1-2H3. The Kier molecular flexibility index (Phi) is 15.6. The molecule has 2 nitrogen and oxygen atoms in total. The number of furan rings is 1. The maximum Gasteiger partial charge on any atom is 0.195 e. The van der Waals surface area contributed by atoms with Crippen LogP contribution in [0, 0.1) is 0 Å². The summed E-state index contributed by atoms with van der Waals surface area (Å²) in [6, 6.07) is 4.04. The lowest BCUT2D eigenvalue weighted by atomic mass is 10.0. The molecule has 0 atom stereocenters. The van der Waals surface area contributed by atoms with Crippen molar-refractivity contribution in [1.29, 1.82) is 0 Å². The van der Waals surface area contributed by atoms with E-state index in [1.54, 1.807) is 6.26 Å². The molecule has 0 saturated carbocycles. The predicted molar refractivity (Wildman–Crippen MR) is 116 cm³/mol. The summed E-state index contributed by atoms with van der Waals surface area (Å²) in [5.74, 6) is 1.02. The van der Waals surface area contributed by atoms with Gasteiger partial charge in [-0.15, -0.1) is 0 Å². The van der Waals surface area contributed by atoms with Gasteiger partial charge in [-0.25, -0.2) is 0 Å². The van der Waals surface area contributed by atoms with Gasteiger partial charge in [0.15, 0.2) is 5.88 Å². The molecule has 0 spiro atoms. The molecule has 0 N–H and O–H groups in total. The van der Waals surface area contributed by atoms with Gasteiger partial charge in [0.05, 0.1) is 6.26 Å². The van der Waals surface area contributed by atoms with E-state index >= 15 is 0 Å². The summed E-state index contributed by atoms with van der Waals surface area (Å²) in [5, 5.41) is 0. The van der Waals surface area contributed by atoms with Crippen LogP contribution in [0.15, 0.2) is 22.8 Å². The third kappa shape index (κ3) is 12.4. The molecule has 152 valence electrons. The Morgan fingerprint density at radius 3 is 1.50 bits per heavy atom. The molecule has 0 unspecified atom stereocenters. The van der Waals surface area contributed by atoms with Gasteiger partial charge in [0.25, 0.3) is 0 Å². The first-order chi connectivity index (χ1) is 12.9. The lowest BCUT2D eigenvalue weighted by Gasteiger charge is -2.19. The fraction of sp³-hybridized carbons (Fsp3) is 0.833. The molecule has 1 rings (SSSR count). The summed E-state index contributed by atoms with van der Waals surface area (Å²) < 4.78 is 5.49. The maximum atomic E-state index is 5.49. The van der Waals surface area contributed by atoms with E-state index in [-0.39, 0.29) is 0 Å². The van der Waals surface area contributed by atoms with E-state index in [4.69, 9.17) is 4.42 Å². The molecule has 1 aromatic rings. The first-order valence-corrected chi connectivity index (χ1v) is 11.7. The highest BCUT2D eigenvalue weighted by atomic mass is 16.3. The highest BCUT2D eigenvalue weighted by Gasteiger charge is 2.05. The van der Waals surface area contributed by atoms with Gasteiger partial charge in [0, 0.05) is 19.2 Å². The Morgan fingerprint density at radius 2 is 1.12 bits per heavy atom. The molecule has 1 heterocycles. The number of hydrogen-bond acceptors (Lipinski definition) is 2. The molecule has 26 heavy (non-hydrogen) atoms. The number of anilines is 1. The minimum Gasteiger partial charge on any atom is -0.449 e. The molecule has 0 bridgehead atoms. The second-order valence-electron chi connectivity index (χ2n) is 7.83. The molecule has 2 heteroatoms. The number of unbranched alkanes of at least 4 members (excludes halogenated alkanes) is 15. The number of hydrogen-bond donors (Lipinski definition) is 0. The quantitative estimate of drug-likeness (QED) is 0.229. The van der Waals surface area contributed by atoms with Crippen molar-refractivity contribution >= 4 is 5.88 Å². The first-order valence-electron chi connectivity index (χ1n) is 11.7. The Labute approximate surface area is 163 Å². The molecular weight excluding hydrogens is 318 g/mol. The Bertz CT molecular complexity index is 374. The zero-order valence-electron chi connectivity index (χ0n) is 17.8. The van der Waals surface area contributed by atoms with Crippen molar-refractivity contribution in [2.45, 2.75) is 117 Å². The van der Waals surface area contributed by atoms with Crippen LogP contribution in [-0.4, -0.2) is 13.1 Å². The van der Waals surface area contributed by atoms with Crippen molar-refractivity contribution in [2.24, 2.45) is 0 Å². The van der Waals surface area contributed by atoms with Crippen molar-refractivity contribution in [3.8, 4) is 0 Å². The van der Waals surface area contributed by atoms with Crippen molar-refractivity contribution < 1.29 is 4.42 Å². The van der Waals surface area contributed by atoms with Crippen LogP contribution in [0.5, 0.6) is 0 Å². The van der Waals surface area contributed by atoms with Gasteiger partial charge in [0.2, 0.25) is 0 Å². The van der Waals surface area contributed by atoms with E-state index in [2.05, 4.69) is 24.8 Å². The summed E-state index contributed by atoms with van der Waals surface area (Å²) in [6.07, 6.45) is 24.6. The van der Waals surface area contributed by atoms with E-state index in [1.807, 2.05) is 6.07 Å². The molecule has 0 aromatic carbocycles. The van der Waals surface area contributed by atoms with Gasteiger partial charge in [-0.2, -0.15) is 0 Å². The van der Waals surface area contributed by atoms with E-state index in [0.29, 0.717) is 0 Å². The summed E-state index contributed by atoms with van der Waals surface area (Å²) in [5.41, 5.74) is 0. The highest BCUT2D eigenvalue weighted by Crippen LogP contribution is 2.16. The molecule has 1 aromatic heterocycles. The third-order valence-corrected chi connectivity index (χ3v) is 5.48. The van der Waals surface area contributed by atoms with Crippen LogP contribution in [0.3, 0.4) is 0 Å². The van der Waals surface area contributed by atoms with Gasteiger partial charge < -0.3 is 9.32 Å². The summed E-state index contributed by atoms with van der Waals surface area (Å²) in [6.45, 7) is 6.66. The largest absolute Gasteiger partial charge is 0.449 e. The Morgan fingerprint density at radius 1 is 0.654 bits per heavy atom. The van der Waals surface area contributed by atoms with E-state index in [9.17, 15) is 0 Å². The van der Waals surface area contributed by atoms with Gasteiger partial charge in [0.1, 0.15) is 0 Å². The van der Waals surface area contributed by atoms with Crippen molar-refractivity contribution in [3.05, 3.63) is 18.4 Å². The van der Waals surface area contributed by atoms with Crippen LogP contribution in [0.25, 0.3) is 0 Å². The molecule has 0 aliphatic rings. The van der Waals surface area contributed by atoms with Gasteiger partial charge in [-0.05, 0) is 19.4 Å². The molecule has 0 aliphatic heterocycles. The molecule has 0 amide bonds. The van der Waals surface area contributed by atoms with E-state index in [1.165, 1.54) is 103 Å². The zero-order chi connectivity index (χ0) is 18.7. The summed E-state index contributed by atoms with van der Waals surface area (Å²) in [7, 11) is 0. The van der Waals surface area contributed by atoms with Crippen LogP contribution >= 0.6 is 0 Å². The van der Waals surface area contributed by atoms with Crippen molar-refractivity contribution in [1.82, 2.24) is 0 Å². The van der Waals surface area contributed by atoms with Crippen LogP contribution in [0.2, 0.25) is 0 Å². The monoisotopic (exact) mass is 363 g/mol. The molecule has 0 fully saturated rings. The fourth-order valence-corrected chi connectivity index (χ4v) is 3.72. The minimum atomic E-state index is 1.02. The van der Waals surface area contributed by atoms with E-state index in [0.717, 1.165) is 19.0 Å². The summed E-state index contributed by atoms with van der Waals surface area (Å²) >= 11 is 0. The zero-order valence-corrected chi connectivity index (χ0v) is 17.8. The lowest BCUT2D eigenvalue weighted by molar-refractivity contribution is 0.520. The van der Waals surface area contributed by atoms with Gasteiger partial charge >= 0.3 is 0 Å². The Balaban J connectivity index is 1.77. The van der Waals surface area contributed by atoms with Gasteiger partial charge in [-0.3, -0.25) is 0 Å². The van der Waals surface area contributed by atoms with Crippen molar-refractivity contribution in [2.75, 3.05) is 18.0 Å². The topological polar surface area (TPSA) is 16.4 Å². The highest BCUT2D eigenvalue weighted by molar-refractivity contribution is 5.33. The smallest absolute Gasteiger partial charge is 0.195 e. The average Bonchev–Trinajstić information content (AvgIpc) is 3.19. The normalized spacial score (nSPS) is 11.2. The number of rotatable bonds is 19. The van der Waals surface area contributed by atoms with E-state index < -0.39 is 0 Å². The third-order valence-electron chi connectivity index (χ3n) is 5.48. The Hall–Kier alpha value is -0.920. The predicted octanol–water partition coefficient (Wildman–Crippen LogP) is 8.37. The van der Waals surface area contributed by atoms with Crippen LogP contribution < -0.4 is 4.90 Å². The maximum absolute atomic E-state index is 5.49. The average molecular weight is 364 g/mol. The summed E-state index contributed by atoms with van der Waals surface area (Å²) in [4.78, 5) is 2.34.